The maximum absolute atomic E-state index is 12.1. The molecule has 0 atom stereocenters. The van der Waals surface area contributed by atoms with Gasteiger partial charge in [0.1, 0.15) is 0 Å². The molecular weight excluding hydrogens is 302 g/mol. The summed E-state index contributed by atoms with van der Waals surface area (Å²) in [6.45, 7) is 2.50. The first-order valence-electron chi connectivity index (χ1n) is 7.55. The Morgan fingerprint density at radius 1 is 1.23 bits per heavy atom. The van der Waals surface area contributed by atoms with E-state index in [1.54, 1.807) is 12.1 Å². The number of quaternary nitrogens is 1. The van der Waals surface area contributed by atoms with Gasteiger partial charge in [0.05, 0.1) is 18.0 Å². The summed E-state index contributed by atoms with van der Waals surface area (Å²) in [6.07, 6.45) is 3.58. The van der Waals surface area contributed by atoms with Gasteiger partial charge in [0, 0.05) is 19.8 Å². The number of likely N-dealkylation sites (tertiary alicyclic amines) is 1. The van der Waals surface area contributed by atoms with Crippen LogP contribution in [-0.2, 0) is 14.8 Å². The fraction of sp³-hybridized carbons (Fsp3) is 0.533. The third kappa shape index (κ3) is 4.28. The highest BCUT2D eigenvalue weighted by molar-refractivity contribution is 7.89. The molecule has 0 saturated carbocycles. The van der Waals surface area contributed by atoms with Crippen LogP contribution in [0.4, 0.5) is 5.69 Å². The number of anilines is 1. The van der Waals surface area contributed by atoms with E-state index < -0.39 is 10.0 Å². The van der Waals surface area contributed by atoms with Crippen molar-refractivity contribution in [1.82, 2.24) is 4.31 Å². The lowest BCUT2D eigenvalue weighted by atomic mass is 10.1. The highest BCUT2D eigenvalue weighted by atomic mass is 32.2. The highest BCUT2D eigenvalue weighted by Crippen LogP contribution is 2.17. The number of nitrogens with zero attached hydrogens (tertiary/aromatic N) is 1. The van der Waals surface area contributed by atoms with Crippen LogP contribution in [0.2, 0.25) is 0 Å². The maximum Gasteiger partial charge on any atom is 0.279 e. The molecule has 0 aliphatic carbocycles. The minimum atomic E-state index is -3.49. The van der Waals surface area contributed by atoms with Crippen LogP contribution < -0.4 is 10.2 Å². The third-order valence-corrected chi connectivity index (χ3v) is 5.68. The number of carbonyl (C=O) groups excluding carboxylic acids is 1. The van der Waals surface area contributed by atoms with E-state index in [4.69, 9.17) is 0 Å². The van der Waals surface area contributed by atoms with Gasteiger partial charge in [0.25, 0.3) is 5.91 Å². The maximum atomic E-state index is 12.1. The molecule has 122 valence electrons. The fourth-order valence-corrected chi connectivity index (χ4v) is 3.55. The van der Waals surface area contributed by atoms with Crippen LogP contribution >= 0.6 is 0 Å². The number of sulfonamides is 1. The summed E-state index contributed by atoms with van der Waals surface area (Å²) in [6, 6.07) is 6.37. The Bertz CT molecular complexity index is 623. The van der Waals surface area contributed by atoms with Gasteiger partial charge in [-0.05, 0) is 37.5 Å². The van der Waals surface area contributed by atoms with Crippen molar-refractivity contribution in [3.05, 3.63) is 24.3 Å². The third-order valence-electron chi connectivity index (χ3n) is 3.87. The largest absolute Gasteiger partial charge is 0.327 e. The molecule has 1 aromatic rings. The standard InChI is InChI=1S/C15H23N3O3S/c1-17(2)22(20,21)14-8-6-7-13(11-14)16-15(19)12-18-9-4-3-5-10-18/h6-8,11H,3-5,9-10,12H2,1-2H3,(H,16,19)/p+1. The minimum absolute atomic E-state index is 0.0729. The van der Waals surface area contributed by atoms with Crippen molar-refractivity contribution in [1.29, 1.82) is 0 Å². The van der Waals surface area contributed by atoms with E-state index in [0.29, 0.717) is 12.2 Å². The molecule has 1 fully saturated rings. The van der Waals surface area contributed by atoms with Crippen LogP contribution in [-0.4, -0.2) is 52.4 Å². The predicted molar refractivity (Wildman–Crippen MR) is 85.4 cm³/mol. The van der Waals surface area contributed by atoms with Gasteiger partial charge in [-0.15, -0.1) is 0 Å². The van der Waals surface area contributed by atoms with Crippen molar-refractivity contribution < 1.29 is 18.1 Å². The summed E-state index contributed by atoms with van der Waals surface area (Å²) in [5.41, 5.74) is 0.518. The normalized spacial score (nSPS) is 16.7. The zero-order valence-corrected chi connectivity index (χ0v) is 13.9. The molecule has 0 aromatic heterocycles. The monoisotopic (exact) mass is 326 g/mol. The van der Waals surface area contributed by atoms with Crippen LogP contribution in [0.15, 0.2) is 29.2 Å². The lowest BCUT2D eigenvalue weighted by Gasteiger charge is -2.22. The van der Waals surface area contributed by atoms with E-state index in [1.165, 1.54) is 50.4 Å². The molecule has 22 heavy (non-hydrogen) atoms. The molecule has 1 aromatic carbocycles. The van der Waals surface area contributed by atoms with Crippen molar-refractivity contribution >= 4 is 21.6 Å². The molecule has 1 saturated heterocycles. The first kappa shape index (κ1) is 16.9. The molecule has 2 N–H and O–H groups in total. The number of hydrogen-bond acceptors (Lipinski definition) is 3. The van der Waals surface area contributed by atoms with Crippen LogP contribution in [0.25, 0.3) is 0 Å². The predicted octanol–water partition coefficient (Wildman–Crippen LogP) is -0.0558. The van der Waals surface area contributed by atoms with Crippen LogP contribution in [0.1, 0.15) is 19.3 Å². The molecule has 1 aliphatic heterocycles. The molecule has 0 spiro atoms. The van der Waals surface area contributed by atoms with E-state index in [0.717, 1.165) is 17.4 Å². The van der Waals surface area contributed by atoms with Gasteiger partial charge in [-0.25, -0.2) is 12.7 Å². The first-order chi connectivity index (χ1) is 10.4. The molecule has 7 heteroatoms. The smallest absolute Gasteiger partial charge is 0.279 e. The molecule has 1 aliphatic rings. The summed E-state index contributed by atoms with van der Waals surface area (Å²) < 4.78 is 25.4. The Kier molecular flexibility index (Phi) is 5.55. The van der Waals surface area contributed by atoms with Crippen molar-refractivity contribution in [2.24, 2.45) is 0 Å². The number of nitrogens with one attached hydrogen (secondary N) is 2. The number of hydrogen-bond donors (Lipinski definition) is 2. The van der Waals surface area contributed by atoms with Crippen molar-refractivity contribution in [2.75, 3.05) is 39.0 Å². The molecule has 0 radical (unpaired) electrons. The summed E-state index contributed by atoms with van der Waals surface area (Å²) in [5, 5.41) is 2.80. The van der Waals surface area contributed by atoms with Crippen molar-refractivity contribution in [3.63, 3.8) is 0 Å². The SMILES string of the molecule is CN(C)S(=O)(=O)c1cccc(NC(=O)C[NH+]2CCCCC2)c1. The van der Waals surface area contributed by atoms with Gasteiger partial charge in [-0.1, -0.05) is 6.07 Å². The van der Waals surface area contributed by atoms with Gasteiger partial charge in [-0.2, -0.15) is 0 Å². The number of benzene rings is 1. The molecular formula is C15H24N3O3S+. The lowest BCUT2D eigenvalue weighted by Crippen LogP contribution is -3.13. The lowest BCUT2D eigenvalue weighted by molar-refractivity contribution is -0.896. The molecule has 6 nitrogen and oxygen atoms in total. The zero-order valence-electron chi connectivity index (χ0n) is 13.1. The van der Waals surface area contributed by atoms with Gasteiger partial charge in [-0.3, -0.25) is 4.79 Å². The van der Waals surface area contributed by atoms with Gasteiger partial charge < -0.3 is 10.2 Å². The second-order valence-electron chi connectivity index (χ2n) is 5.85. The molecule has 1 amide bonds. The van der Waals surface area contributed by atoms with E-state index in [9.17, 15) is 13.2 Å². The number of piperidine rings is 1. The topological polar surface area (TPSA) is 70.9 Å². The number of amides is 1. The minimum Gasteiger partial charge on any atom is -0.327 e. The Morgan fingerprint density at radius 2 is 1.91 bits per heavy atom. The van der Waals surface area contributed by atoms with Crippen LogP contribution in [0.5, 0.6) is 0 Å². The van der Waals surface area contributed by atoms with E-state index in [-0.39, 0.29) is 10.8 Å². The Balaban J connectivity index is 2.02. The van der Waals surface area contributed by atoms with Gasteiger partial charge >= 0.3 is 0 Å². The van der Waals surface area contributed by atoms with E-state index in [2.05, 4.69) is 5.32 Å². The molecule has 0 unspecified atom stereocenters. The second-order valence-corrected chi connectivity index (χ2v) is 8.00. The van der Waals surface area contributed by atoms with Crippen molar-refractivity contribution in [2.45, 2.75) is 24.2 Å². The van der Waals surface area contributed by atoms with E-state index in [1.807, 2.05) is 0 Å². The highest BCUT2D eigenvalue weighted by Gasteiger charge is 2.19. The first-order valence-corrected chi connectivity index (χ1v) is 8.99. The summed E-state index contributed by atoms with van der Waals surface area (Å²) >= 11 is 0. The van der Waals surface area contributed by atoms with Crippen LogP contribution in [0, 0.1) is 0 Å². The van der Waals surface area contributed by atoms with E-state index >= 15 is 0 Å². The Morgan fingerprint density at radius 3 is 2.55 bits per heavy atom. The van der Waals surface area contributed by atoms with Gasteiger partial charge in [0.2, 0.25) is 10.0 Å². The average molecular weight is 326 g/mol. The second kappa shape index (κ2) is 7.21. The zero-order chi connectivity index (χ0) is 16.2. The van der Waals surface area contributed by atoms with Gasteiger partial charge in [0.15, 0.2) is 6.54 Å². The molecule has 0 bridgehead atoms. The Labute approximate surface area is 132 Å². The summed E-state index contributed by atoms with van der Waals surface area (Å²) in [7, 11) is -0.513. The fourth-order valence-electron chi connectivity index (χ4n) is 2.61. The number of carbonyl (C=O) groups is 1. The quantitative estimate of drug-likeness (QED) is 0.797. The Hall–Kier alpha value is -1.44. The molecule has 1 heterocycles. The summed E-state index contributed by atoms with van der Waals surface area (Å²) in [5.74, 6) is -0.0729. The van der Waals surface area contributed by atoms with Crippen LogP contribution in [0.3, 0.4) is 0 Å². The molecule has 2 rings (SSSR count). The average Bonchev–Trinajstić information content (AvgIpc) is 2.48. The summed E-state index contributed by atoms with van der Waals surface area (Å²) in [4.78, 5) is 13.6. The van der Waals surface area contributed by atoms with Crippen molar-refractivity contribution in [3.8, 4) is 0 Å². The number of rotatable bonds is 5.